The van der Waals surface area contributed by atoms with Crippen molar-refractivity contribution in [2.24, 2.45) is 0 Å². The fraction of sp³-hybridized carbons (Fsp3) is 0.308. The van der Waals surface area contributed by atoms with E-state index in [1.807, 2.05) is 20.8 Å². The van der Waals surface area contributed by atoms with Gasteiger partial charge in [0.1, 0.15) is 34.5 Å². The molecule has 0 aliphatic heterocycles. The number of hydrogen-bond acceptors (Lipinski definition) is 6. The van der Waals surface area contributed by atoms with E-state index in [0.717, 1.165) is 15.4 Å². The van der Waals surface area contributed by atoms with E-state index in [0.29, 0.717) is 17.1 Å². The molecule has 2 radical (unpaired) electrons. The van der Waals surface area contributed by atoms with E-state index in [1.54, 1.807) is 6.92 Å². The van der Waals surface area contributed by atoms with Gasteiger partial charge < -0.3 is 9.18 Å². The summed E-state index contributed by atoms with van der Waals surface area (Å²) in [4.78, 5) is 5.28. The first-order valence-corrected chi connectivity index (χ1v) is 6.70. The molecule has 0 spiro atoms. The smallest absolute Gasteiger partial charge is 0.374 e. The van der Waals surface area contributed by atoms with Crippen LogP contribution in [0.15, 0.2) is 4.52 Å². The minimum absolute atomic E-state index is 0.214. The van der Waals surface area contributed by atoms with Crippen molar-refractivity contribution in [2.45, 2.75) is 27.7 Å². The molecule has 0 aromatic carbocycles. The van der Waals surface area contributed by atoms with E-state index in [9.17, 15) is 5.26 Å². The monoisotopic (exact) mass is 285 g/mol. The second kappa shape index (κ2) is 5.51. The maximum absolute atomic E-state index is 9.42. The summed E-state index contributed by atoms with van der Waals surface area (Å²) in [6.07, 6.45) is 0. The second-order valence-corrected chi connectivity index (χ2v) is 5.69. The van der Waals surface area contributed by atoms with E-state index >= 15 is 0 Å². The van der Waals surface area contributed by atoms with Crippen molar-refractivity contribution in [1.29, 1.82) is 5.26 Å². The van der Waals surface area contributed by atoms with E-state index in [2.05, 4.69) is 16.2 Å². The van der Waals surface area contributed by atoms with Gasteiger partial charge in [0.2, 0.25) is 0 Å². The molecule has 0 saturated heterocycles. The highest BCUT2D eigenvalue weighted by molar-refractivity contribution is 7.11. The highest BCUT2D eigenvalue weighted by atomic mass is 32.1. The number of nitriles is 1. The third kappa shape index (κ3) is 2.34. The average Bonchev–Trinajstić information content (AvgIpc) is 2.91. The molecule has 0 unspecified atom stereocenters. The van der Waals surface area contributed by atoms with E-state index in [-0.39, 0.29) is 11.3 Å². The van der Waals surface area contributed by atoms with Gasteiger partial charge in [-0.2, -0.15) is 5.26 Å². The molecule has 0 bridgehead atoms. The molecule has 7 heteroatoms. The van der Waals surface area contributed by atoms with E-state index in [1.165, 1.54) is 11.3 Å². The molecule has 5 nitrogen and oxygen atoms in total. The van der Waals surface area contributed by atoms with Gasteiger partial charge in [-0.25, -0.2) is 4.98 Å². The first-order chi connectivity index (χ1) is 9.49. The molecule has 0 fully saturated rings. The van der Waals surface area contributed by atoms with E-state index < -0.39 is 0 Å². The minimum Gasteiger partial charge on any atom is -0.565 e. The van der Waals surface area contributed by atoms with Crippen molar-refractivity contribution in [3.8, 4) is 6.07 Å². The molecule has 0 amide bonds. The normalized spacial score (nSPS) is 11.9. The Morgan fingerprint density at radius 1 is 1.30 bits per heavy atom. The van der Waals surface area contributed by atoms with Crippen LogP contribution < -0.4 is 0 Å². The van der Waals surface area contributed by atoms with Crippen molar-refractivity contribution in [3.63, 3.8) is 0 Å². The summed E-state index contributed by atoms with van der Waals surface area (Å²) in [5.41, 5.74) is 1.98. The second-order valence-electron chi connectivity index (χ2n) is 4.28. The number of nitrogens with zero attached hydrogens (tertiary/aromatic N) is 3. The van der Waals surface area contributed by atoms with Crippen molar-refractivity contribution >= 4 is 30.7 Å². The van der Waals surface area contributed by atoms with Gasteiger partial charge in [0, 0.05) is 10.4 Å². The summed E-state index contributed by atoms with van der Waals surface area (Å²) < 4.78 is 10.0. The fourth-order valence-corrected chi connectivity index (χ4v) is 2.65. The molecule has 20 heavy (non-hydrogen) atoms. The van der Waals surface area contributed by atoms with Crippen LogP contribution in [-0.4, -0.2) is 18.2 Å². The van der Waals surface area contributed by atoms with Gasteiger partial charge in [0.25, 0.3) is 0 Å². The third-order valence-electron chi connectivity index (χ3n) is 2.97. The first kappa shape index (κ1) is 14.3. The van der Waals surface area contributed by atoms with Crippen LogP contribution in [-0.2, 0) is 4.65 Å². The summed E-state index contributed by atoms with van der Waals surface area (Å²) in [5.74, 6) is 0.862. The zero-order valence-corrected chi connectivity index (χ0v) is 12.5. The Morgan fingerprint density at radius 3 is 2.40 bits per heavy atom. The Bertz CT molecular complexity index is 725. The maximum atomic E-state index is 9.42. The lowest BCUT2D eigenvalue weighted by Crippen LogP contribution is -1.98. The number of aromatic nitrogens is 2. The van der Waals surface area contributed by atoms with Crippen LogP contribution in [0, 0.1) is 39.0 Å². The predicted molar refractivity (Wildman–Crippen MR) is 76.8 cm³/mol. The Kier molecular flexibility index (Phi) is 3.95. The van der Waals surface area contributed by atoms with Crippen molar-refractivity contribution < 1.29 is 9.18 Å². The number of hydrogen-bond donors (Lipinski definition) is 0. The van der Waals surface area contributed by atoms with Gasteiger partial charge >= 0.3 is 8.05 Å². The first-order valence-electron chi connectivity index (χ1n) is 5.88. The zero-order valence-electron chi connectivity index (χ0n) is 11.6. The summed E-state index contributed by atoms with van der Waals surface area (Å²) in [7, 11) is 5.35. The molecule has 0 aliphatic carbocycles. The van der Waals surface area contributed by atoms with Gasteiger partial charge in [0.15, 0.2) is 0 Å². The Morgan fingerprint density at radius 2 is 2.00 bits per heavy atom. The number of thiazole rings is 1. The largest absolute Gasteiger partial charge is 0.565 e. The molecule has 2 aromatic rings. The highest BCUT2D eigenvalue weighted by Crippen LogP contribution is 2.31. The van der Waals surface area contributed by atoms with Gasteiger partial charge in [-0.3, -0.25) is 0 Å². The fourth-order valence-electron chi connectivity index (χ4n) is 1.83. The van der Waals surface area contributed by atoms with Crippen LogP contribution in [0.25, 0.3) is 11.3 Å². The van der Waals surface area contributed by atoms with Crippen LogP contribution in [0.4, 0.5) is 0 Å². The molecule has 2 aromatic heterocycles. The van der Waals surface area contributed by atoms with Crippen LogP contribution in [0.3, 0.4) is 0 Å². The average molecular weight is 285 g/mol. The standard InChI is InChI=1S/C13H12BN3O2S/c1-6-7(2)19-17-11(6)10(5-15)13(18-14)12-8(3)20-9(4)16-12/h1-4H3. The zero-order chi connectivity index (χ0) is 14.9. The summed E-state index contributed by atoms with van der Waals surface area (Å²) >= 11 is 1.51. The van der Waals surface area contributed by atoms with Crippen molar-refractivity contribution in [2.75, 3.05) is 0 Å². The minimum atomic E-state index is 0.214. The Hall–Kier alpha value is -2.07. The molecular formula is C13H12BN3O2S. The molecule has 2 heterocycles. The highest BCUT2D eigenvalue weighted by Gasteiger charge is 2.22. The SMILES string of the molecule is [B]OC(=C(C#N)c1noc(C)c1C)c1nc(C)sc1C. The summed E-state index contributed by atoms with van der Waals surface area (Å²) in [5, 5.41) is 14.2. The number of allylic oxidation sites excluding steroid dienone is 1. The molecule has 2 rings (SSSR count). The maximum Gasteiger partial charge on any atom is 0.374 e. The topological polar surface area (TPSA) is 71.9 Å². The lowest BCUT2D eigenvalue weighted by Gasteiger charge is -2.07. The molecule has 0 saturated carbocycles. The molecule has 0 aliphatic rings. The molecule has 0 N–H and O–H groups in total. The molecule has 0 atom stereocenters. The van der Waals surface area contributed by atoms with Gasteiger partial charge in [-0.15, -0.1) is 11.3 Å². The van der Waals surface area contributed by atoms with Crippen molar-refractivity contribution in [1.82, 2.24) is 10.1 Å². The van der Waals surface area contributed by atoms with Gasteiger partial charge in [0.05, 0.1) is 5.01 Å². The quantitative estimate of drug-likeness (QED) is 0.492. The Labute approximate surface area is 122 Å². The summed E-state index contributed by atoms with van der Waals surface area (Å²) in [6.45, 7) is 7.38. The number of aryl methyl sites for hydroxylation is 3. The van der Waals surface area contributed by atoms with Crippen LogP contribution >= 0.6 is 11.3 Å². The van der Waals surface area contributed by atoms with Gasteiger partial charge in [-0.1, -0.05) is 5.16 Å². The van der Waals surface area contributed by atoms with Crippen LogP contribution in [0.5, 0.6) is 0 Å². The van der Waals surface area contributed by atoms with E-state index in [4.69, 9.17) is 17.2 Å². The van der Waals surface area contributed by atoms with Crippen LogP contribution in [0.2, 0.25) is 0 Å². The summed E-state index contributed by atoms with van der Waals surface area (Å²) in [6, 6.07) is 2.08. The van der Waals surface area contributed by atoms with Gasteiger partial charge in [-0.05, 0) is 27.7 Å². The number of rotatable bonds is 3. The lowest BCUT2D eigenvalue weighted by atomic mass is 10.1. The van der Waals surface area contributed by atoms with Crippen LogP contribution in [0.1, 0.15) is 32.6 Å². The lowest BCUT2D eigenvalue weighted by molar-refractivity contribution is 0.395. The predicted octanol–water partition coefficient (Wildman–Crippen LogP) is 2.86. The Balaban J connectivity index is 2.69. The molecule has 100 valence electrons. The molecular weight excluding hydrogens is 273 g/mol. The van der Waals surface area contributed by atoms with Crippen molar-refractivity contribution in [3.05, 3.63) is 32.6 Å². The third-order valence-corrected chi connectivity index (χ3v) is 3.86.